The summed E-state index contributed by atoms with van der Waals surface area (Å²) >= 11 is 12.7. The van der Waals surface area contributed by atoms with Gasteiger partial charge >= 0.3 is 0 Å². The lowest BCUT2D eigenvalue weighted by Crippen LogP contribution is -2.30. The molecule has 0 unspecified atom stereocenters. The van der Waals surface area contributed by atoms with Crippen molar-refractivity contribution in [1.29, 1.82) is 5.26 Å². The number of nitriles is 1. The minimum Gasteiger partial charge on any atom is -0.339 e. The number of amides is 1. The molecule has 0 radical (unpaired) electrons. The topological polar surface area (TPSA) is 65.8 Å². The van der Waals surface area contributed by atoms with Crippen molar-refractivity contribution in [1.82, 2.24) is 10.3 Å². The molecular weight excluding hydrogens is 396 g/mol. The van der Waals surface area contributed by atoms with E-state index < -0.39 is 17.8 Å². The molecule has 2 aromatic heterocycles. The average molecular weight is 406 g/mol. The Morgan fingerprint density at radius 3 is 2.54 bits per heavy atom. The van der Waals surface area contributed by atoms with Gasteiger partial charge in [-0.3, -0.25) is 9.78 Å². The van der Waals surface area contributed by atoms with Crippen LogP contribution in [0.4, 0.5) is 4.39 Å². The Hall–Kier alpha value is -2.46. The van der Waals surface area contributed by atoms with Crippen LogP contribution in [0.15, 0.2) is 48.7 Å². The van der Waals surface area contributed by atoms with Gasteiger partial charge in [-0.2, -0.15) is 5.26 Å². The normalized spacial score (nSPS) is 11.6. The number of carbonyl (C=O) groups is 1. The summed E-state index contributed by atoms with van der Waals surface area (Å²) in [7, 11) is 0. The third kappa shape index (κ3) is 4.02. The minimum absolute atomic E-state index is 0.0298. The molecular formula is C18H10Cl2FN3OS. The van der Waals surface area contributed by atoms with Gasteiger partial charge in [0.05, 0.1) is 15.9 Å². The second-order valence-corrected chi connectivity index (χ2v) is 7.21. The van der Waals surface area contributed by atoms with Crippen LogP contribution >= 0.6 is 34.5 Å². The monoisotopic (exact) mass is 405 g/mol. The van der Waals surface area contributed by atoms with E-state index in [9.17, 15) is 9.18 Å². The van der Waals surface area contributed by atoms with Crippen LogP contribution in [0.3, 0.4) is 0 Å². The van der Waals surface area contributed by atoms with Crippen LogP contribution in [0.1, 0.15) is 31.8 Å². The summed E-state index contributed by atoms with van der Waals surface area (Å²) < 4.78 is 14.4. The summed E-state index contributed by atoms with van der Waals surface area (Å²) in [4.78, 5) is 17.4. The van der Waals surface area contributed by atoms with Gasteiger partial charge in [-0.05, 0) is 35.9 Å². The van der Waals surface area contributed by atoms with Crippen LogP contribution in [0, 0.1) is 17.1 Å². The molecule has 26 heavy (non-hydrogen) atoms. The molecule has 8 heteroatoms. The summed E-state index contributed by atoms with van der Waals surface area (Å²) in [5.74, 6) is -1.07. The van der Waals surface area contributed by atoms with Gasteiger partial charge < -0.3 is 5.32 Å². The highest BCUT2D eigenvalue weighted by Gasteiger charge is 2.23. The predicted octanol–water partition coefficient (Wildman–Crippen LogP) is 4.98. The van der Waals surface area contributed by atoms with Crippen LogP contribution in [0.5, 0.6) is 0 Å². The Bertz CT molecular complexity index is 998. The first-order chi connectivity index (χ1) is 12.5. The number of thiophene rings is 1. The molecule has 3 rings (SSSR count). The first-order valence-electron chi connectivity index (χ1n) is 7.35. The largest absolute Gasteiger partial charge is 0.339 e. The van der Waals surface area contributed by atoms with Gasteiger partial charge in [-0.15, -0.1) is 11.3 Å². The number of halogens is 3. The van der Waals surface area contributed by atoms with Crippen LogP contribution in [-0.2, 0) is 0 Å². The molecule has 0 aliphatic rings. The Kier molecular flexibility index (Phi) is 5.52. The first kappa shape index (κ1) is 18.3. The van der Waals surface area contributed by atoms with Crippen molar-refractivity contribution >= 4 is 40.4 Å². The molecule has 0 saturated heterocycles. The number of rotatable bonds is 4. The molecule has 0 aliphatic carbocycles. The maximum absolute atomic E-state index is 14.4. The van der Waals surface area contributed by atoms with E-state index in [-0.39, 0.29) is 10.7 Å². The molecule has 1 aromatic carbocycles. The lowest BCUT2D eigenvalue weighted by atomic mass is 10.0. The maximum Gasteiger partial charge on any atom is 0.262 e. The maximum atomic E-state index is 14.4. The highest BCUT2D eigenvalue weighted by atomic mass is 35.5. The Morgan fingerprint density at radius 1 is 1.19 bits per heavy atom. The standard InChI is InChI=1S/C18H10Cl2FN3OS/c19-11-3-1-10(2-4-11)16(17-14(21)7-12(20)9-23-17)24-18(25)15-6-5-13(8-22)26-15/h1-7,9,16H,(H,24,25)/t16-/m0/s1. The van der Waals surface area contributed by atoms with Gasteiger partial charge in [-0.25, -0.2) is 4.39 Å². The summed E-state index contributed by atoms with van der Waals surface area (Å²) in [5.41, 5.74) is 0.635. The molecule has 0 saturated carbocycles. The number of nitrogens with one attached hydrogen (secondary N) is 1. The number of carbonyl (C=O) groups excluding carboxylic acids is 1. The van der Waals surface area contributed by atoms with E-state index in [0.29, 0.717) is 20.3 Å². The van der Waals surface area contributed by atoms with E-state index >= 15 is 0 Å². The Balaban J connectivity index is 1.98. The third-order valence-corrected chi connectivity index (χ3v) is 4.98. The van der Waals surface area contributed by atoms with Gasteiger partial charge in [0, 0.05) is 11.2 Å². The molecule has 0 aliphatic heterocycles. The minimum atomic E-state index is -0.843. The zero-order chi connectivity index (χ0) is 18.7. The van der Waals surface area contributed by atoms with Crippen molar-refractivity contribution in [2.75, 3.05) is 0 Å². The van der Waals surface area contributed by atoms with Gasteiger partial charge in [0.1, 0.15) is 22.5 Å². The molecule has 1 N–H and O–H groups in total. The van der Waals surface area contributed by atoms with E-state index in [0.717, 1.165) is 17.4 Å². The van der Waals surface area contributed by atoms with E-state index in [1.165, 1.54) is 6.20 Å². The average Bonchev–Trinajstić information content (AvgIpc) is 3.10. The van der Waals surface area contributed by atoms with Crippen molar-refractivity contribution < 1.29 is 9.18 Å². The zero-order valence-corrected chi connectivity index (χ0v) is 15.4. The van der Waals surface area contributed by atoms with E-state index in [1.54, 1.807) is 36.4 Å². The summed E-state index contributed by atoms with van der Waals surface area (Å²) in [6.07, 6.45) is 1.31. The number of benzene rings is 1. The van der Waals surface area contributed by atoms with Crippen molar-refractivity contribution in [3.63, 3.8) is 0 Å². The van der Waals surface area contributed by atoms with E-state index in [2.05, 4.69) is 10.3 Å². The van der Waals surface area contributed by atoms with Crippen LogP contribution in [-0.4, -0.2) is 10.9 Å². The van der Waals surface area contributed by atoms with Crippen LogP contribution < -0.4 is 5.32 Å². The second kappa shape index (κ2) is 7.83. The van der Waals surface area contributed by atoms with Crippen molar-refractivity contribution in [3.8, 4) is 6.07 Å². The zero-order valence-electron chi connectivity index (χ0n) is 13.0. The molecule has 130 valence electrons. The fourth-order valence-corrected chi connectivity index (χ4v) is 3.30. The number of nitrogens with zero attached hydrogens (tertiary/aromatic N) is 2. The van der Waals surface area contributed by atoms with E-state index in [4.69, 9.17) is 28.5 Å². The SMILES string of the molecule is N#Cc1ccc(C(=O)N[C@@H](c2ccc(Cl)cc2)c2ncc(Cl)cc2F)s1. The summed E-state index contributed by atoms with van der Waals surface area (Å²) in [6.45, 7) is 0. The fraction of sp³-hybridized carbons (Fsp3) is 0.0556. The second-order valence-electron chi connectivity index (χ2n) is 5.25. The first-order valence-corrected chi connectivity index (χ1v) is 8.92. The predicted molar refractivity (Wildman–Crippen MR) is 99.0 cm³/mol. The Labute approximate surface area is 162 Å². The van der Waals surface area contributed by atoms with Crippen LogP contribution in [0.25, 0.3) is 0 Å². The highest BCUT2D eigenvalue weighted by molar-refractivity contribution is 7.14. The number of pyridine rings is 1. The fourth-order valence-electron chi connectivity index (χ4n) is 2.32. The van der Waals surface area contributed by atoms with Crippen LogP contribution in [0.2, 0.25) is 10.0 Å². The Morgan fingerprint density at radius 2 is 1.92 bits per heavy atom. The molecule has 1 atom stereocenters. The smallest absolute Gasteiger partial charge is 0.262 e. The quantitative estimate of drug-likeness (QED) is 0.665. The van der Waals surface area contributed by atoms with E-state index in [1.807, 2.05) is 6.07 Å². The lowest BCUT2D eigenvalue weighted by molar-refractivity contribution is 0.0946. The van der Waals surface area contributed by atoms with Gasteiger partial charge in [0.2, 0.25) is 0 Å². The highest BCUT2D eigenvalue weighted by Crippen LogP contribution is 2.27. The van der Waals surface area contributed by atoms with Gasteiger partial charge in [0.25, 0.3) is 5.91 Å². The molecule has 0 spiro atoms. The molecule has 3 aromatic rings. The summed E-state index contributed by atoms with van der Waals surface area (Å²) in [6, 6.07) is 12.0. The van der Waals surface area contributed by atoms with Crippen molar-refractivity contribution in [2.24, 2.45) is 0 Å². The number of aromatic nitrogens is 1. The van der Waals surface area contributed by atoms with Crippen molar-refractivity contribution in [3.05, 3.63) is 85.5 Å². The molecule has 0 fully saturated rings. The number of hydrogen-bond donors (Lipinski definition) is 1. The third-order valence-electron chi connectivity index (χ3n) is 3.53. The number of hydrogen-bond acceptors (Lipinski definition) is 4. The molecule has 1 amide bonds. The van der Waals surface area contributed by atoms with Crippen molar-refractivity contribution in [2.45, 2.75) is 6.04 Å². The molecule has 0 bridgehead atoms. The summed E-state index contributed by atoms with van der Waals surface area (Å²) in [5, 5.41) is 12.3. The van der Waals surface area contributed by atoms with Gasteiger partial charge in [-0.1, -0.05) is 35.3 Å². The van der Waals surface area contributed by atoms with Gasteiger partial charge in [0.15, 0.2) is 0 Å². The lowest BCUT2D eigenvalue weighted by Gasteiger charge is -2.19. The molecule has 2 heterocycles. The molecule has 4 nitrogen and oxygen atoms in total.